The topological polar surface area (TPSA) is 74.0 Å². The van der Waals surface area contributed by atoms with E-state index >= 15 is 0 Å². The lowest BCUT2D eigenvalue weighted by molar-refractivity contribution is 0.101. The number of hydrogen-bond donors (Lipinski definition) is 1. The highest BCUT2D eigenvalue weighted by Gasteiger charge is 2.15. The summed E-state index contributed by atoms with van der Waals surface area (Å²) in [6.45, 7) is 0.537. The Hall–Kier alpha value is -3.17. The zero-order chi connectivity index (χ0) is 21.8. The Kier molecular flexibility index (Phi) is 6.34. The number of rotatable bonds is 7. The molecule has 31 heavy (non-hydrogen) atoms. The molecule has 4 aromatic rings. The Bertz CT molecular complexity index is 1210. The number of anilines is 1. The third-order valence-corrected chi connectivity index (χ3v) is 5.16. The highest BCUT2D eigenvalue weighted by molar-refractivity contribution is 9.10. The summed E-state index contributed by atoms with van der Waals surface area (Å²) in [7, 11) is 0. The van der Waals surface area contributed by atoms with Crippen molar-refractivity contribution in [1.29, 1.82) is 0 Å². The molecule has 2 aromatic heterocycles. The molecule has 0 fully saturated rings. The van der Waals surface area contributed by atoms with Crippen molar-refractivity contribution in [3.05, 3.63) is 93.6 Å². The molecule has 0 unspecified atom stereocenters. The largest absolute Gasteiger partial charge is 0.470 e. The third-order valence-electron chi connectivity index (χ3n) is 4.27. The van der Waals surface area contributed by atoms with E-state index in [4.69, 9.17) is 16.3 Å². The third kappa shape index (κ3) is 5.31. The van der Waals surface area contributed by atoms with Crippen LogP contribution in [0.5, 0.6) is 5.75 Å². The SMILES string of the molecule is O=C(Nc1nn(Cc2ccc(F)cc2)cc1Br)c1ccn(COc2ccccc2Cl)n1. The summed E-state index contributed by atoms with van der Waals surface area (Å²) in [4.78, 5) is 12.6. The molecule has 1 amide bonds. The second-order valence-electron chi connectivity index (χ2n) is 6.55. The molecule has 7 nitrogen and oxygen atoms in total. The van der Waals surface area contributed by atoms with E-state index < -0.39 is 5.91 Å². The standard InChI is InChI=1S/C21H16BrClFN5O2/c22-16-12-29(11-14-5-7-15(24)8-6-14)27-20(16)25-21(30)18-9-10-28(26-18)13-31-19-4-2-1-3-17(19)23/h1-10,12H,11,13H2,(H,25,27,30). The van der Waals surface area contributed by atoms with E-state index in [0.717, 1.165) is 5.56 Å². The van der Waals surface area contributed by atoms with Crippen molar-refractivity contribution in [2.24, 2.45) is 0 Å². The quantitative estimate of drug-likeness (QED) is 0.386. The fraction of sp³-hybridized carbons (Fsp3) is 0.0952. The first-order chi connectivity index (χ1) is 15.0. The molecule has 0 aliphatic heterocycles. The van der Waals surface area contributed by atoms with Crippen LogP contribution < -0.4 is 10.1 Å². The molecule has 0 aliphatic rings. The van der Waals surface area contributed by atoms with Crippen LogP contribution in [-0.2, 0) is 13.3 Å². The lowest BCUT2D eigenvalue weighted by Gasteiger charge is -2.07. The van der Waals surface area contributed by atoms with E-state index in [1.54, 1.807) is 47.4 Å². The van der Waals surface area contributed by atoms with Gasteiger partial charge in [0.1, 0.15) is 11.6 Å². The molecule has 2 heterocycles. The molecule has 0 saturated heterocycles. The van der Waals surface area contributed by atoms with Crippen molar-refractivity contribution in [2.45, 2.75) is 13.3 Å². The van der Waals surface area contributed by atoms with Crippen molar-refractivity contribution in [3.63, 3.8) is 0 Å². The molecule has 0 saturated carbocycles. The van der Waals surface area contributed by atoms with Gasteiger partial charge in [-0.1, -0.05) is 35.9 Å². The number of halogens is 3. The second kappa shape index (κ2) is 9.32. The van der Waals surface area contributed by atoms with Crippen LogP contribution in [0.15, 0.2) is 71.5 Å². The number of hydrogen-bond acceptors (Lipinski definition) is 4. The normalized spacial score (nSPS) is 10.8. The molecule has 0 aliphatic carbocycles. The van der Waals surface area contributed by atoms with Gasteiger partial charge in [0.25, 0.3) is 5.91 Å². The van der Waals surface area contributed by atoms with Gasteiger partial charge in [-0.15, -0.1) is 0 Å². The van der Waals surface area contributed by atoms with E-state index in [-0.39, 0.29) is 18.2 Å². The van der Waals surface area contributed by atoms with Gasteiger partial charge in [-0.25, -0.2) is 9.07 Å². The molecule has 0 radical (unpaired) electrons. The minimum Gasteiger partial charge on any atom is -0.470 e. The van der Waals surface area contributed by atoms with Crippen LogP contribution in [0, 0.1) is 5.82 Å². The van der Waals surface area contributed by atoms with E-state index in [0.29, 0.717) is 27.6 Å². The lowest BCUT2D eigenvalue weighted by Crippen LogP contribution is -2.15. The lowest BCUT2D eigenvalue weighted by atomic mass is 10.2. The average molecular weight is 505 g/mol. The minimum absolute atomic E-state index is 0.104. The smallest absolute Gasteiger partial charge is 0.277 e. The maximum Gasteiger partial charge on any atom is 0.277 e. The maximum absolute atomic E-state index is 13.1. The highest BCUT2D eigenvalue weighted by atomic mass is 79.9. The summed E-state index contributed by atoms with van der Waals surface area (Å²) in [5, 5.41) is 11.8. The number of carbonyl (C=O) groups is 1. The van der Waals surface area contributed by atoms with E-state index in [1.165, 1.54) is 16.8 Å². The zero-order valence-corrected chi connectivity index (χ0v) is 18.3. The Balaban J connectivity index is 1.38. The first-order valence-electron chi connectivity index (χ1n) is 9.17. The summed E-state index contributed by atoms with van der Waals surface area (Å²) >= 11 is 9.45. The number of ether oxygens (including phenoxy) is 1. The van der Waals surface area contributed by atoms with Crippen LogP contribution in [0.2, 0.25) is 5.02 Å². The maximum atomic E-state index is 13.1. The summed E-state index contributed by atoms with van der Waals surface area (Å²) in [5.74, 6) is 0.176. The summed E-state index contributed by atoms with van der Waals surface area (Å²) in [6, 6.07) is 14.8. The van der Waals surface area contributed by atoms with Crippen molar-refractivity contribution in [1.82, 2.24) is 19.6 Å². The Labute approximate surface area is 190 Å². The Morgan fingerprint density at radius 2 is 1.87 bits per heavy atom. The molecular weight excluding hydrogens is 489 g/mol. The molecule has 10 heteroatoms. The molecule has 1 N–H and O–H groups in total. The number of aromatic nitrogens is 4. The number of nitrogens with zero attached hydrogens (tertiary/aromatic N) is 4. The fourth-order valence-corrected chi connectivity index (χ4v) is 3.37. The summed E-state index contributed by atoms with van der Waals surface area (Å²) in [5.41, 5.74) is 1.09. The molecule has 158 valence electrons. The van der Waals surface area contributed by atoms with Gasteiger partial charge in [-0.2, -0.15) is 10.2 Å². The van der Waals surface area contributed by atoms with Crippen molar-refractivity contribution >= 4 is 39.3 Å². The number of benzene rings is 2. The van der Waals surface area contributed by atoms with Crippen LogP contribution >= 0.6 is 27.5 Å². The van der Waals surface area contributed by atoms with Crippen molar-refractivity contribution in [3.8, 4) is 5.75 Å². The van der Waals surface area contributed by atoms with Crippen LogP contribution in [0.25, 0.3) is 0 Å². The average Bonchev–Trinajstić information content (AvgIpc) is 3.36. The van der Waals surface area contributed by atoms with Crippen LogP contribution in [0.4, 0.5) is 10.2 Å². The van der Waals surface area contributed by atoms with Crippen LogP contribution in [-0.4, -0.2) is 25.5 Å². The van der Waals surface area contributed by atoms with Crippen LogP contribution in [0.1, 0.15) is 16.1 Å². The van der Waals surface area contributed by atoms with Gasteiger partial charge < -0.3 is 10.1 Å². The van der Waals surface area contributed by atoms with E-state index in [1.807, 2.05) is 12.1 Å². The monoisotopic (exact) mass is 503 g/mol. The highest BCUT2D eigenvalue weighted by Crippen LogP contribution is 2.24. The number of carbonyl (C=O) groups excluding carboxylic acids is 1. The molecule has 2 aromatic carbocycles. The van der Waals surface area contributed by atoms with Crippen molar-refractivity contribution < 1.29 is 13.9 Å². The zero-order valence-electron chi connectivity index (χ0n) is 16.0. The van der Waals surface area contributed by atoms with Gasteiger partial charge in [0, 0.05) is 12.4 Å². The first-order valence-corrected chi connectivity index (χ1v) is 10.3. The van der Waals surface area contributed by atoms with Gasteiger partial charge in [0.2, 0.25) is 0 Å². The van der Waals surface area contributed by atoms with E-state index in [2.05, 4.69) is 31.4 Å². The molecule has 0 atom stereocenters. The second-order valence-corrected chi connectivity index (χ2v) is 7.81. The number of para-hydroxylation sites is 1. The predicted molar refractivity (Wildman–Crippen MR) is 118 cm³/mol. The molecule has 0 spiro atoms. The van der Waals surface area contributed by atoms with Gasteiger partial charge in [-0.05, 0) is 51.8 Å². The fourth-order valence-electron chi connectivity index (χ4n) is 2.76. The molecular formula is C21H16BrClFN5O2. The van der Waals surface area contributed by atoms with Gasteiger partial charge in [0.15, 0.2) is 18.2 Å². The molecule has 4 rings (SSSR count). The summed E-state index contributed by atoms with van der Waals surface area (Å²) < 4.78 is 22.4. The summed E-state index contributed by atoms with van der Waals surface area (Å²) in [6.07, 6.45) is 3.36. The van der Waals surface area contributed by atoms with E-state index in [9.17, 15) is 9.18 Å². The number of nitrogens with one attached hydrogen (secondary N) is 1. The first kappa shape index (κ1) is 21.1. The Morgan fingerprint density at radius 1 is 1.10 bits per heavy atom. The van der Waals surface area contributed by atoms with Gasteiger partial charge in [0.05, 0.1) is 16.0 Å². The van der Waals surface area contributed by atoms with Crippen molar-refractivity contribution in [2.75, 3.05) is 5.32 Å². The number of amides is 1. The van der Waals surface area contributed by atoms with Gasteiger partial charge in [-0.3, -0.25) is 9.48 Å². The Morgan fingerprint density at radius 3 is 2.65 bits per heavy atom. The molecule has 0 bridgehead atoms. The minimum atomic E-state index is -0.413. The predicted octanol–water partition coefficient (Wildman–Crippen LogP) is 4.97. The van der Waals surface area contributed by atoms with Gasteiger partial charge >= 0.3 is 0 Å². The van der Waals surface area contributed by atoms with Crippen LogP contribution in [0.3, 0.4) is 0 Å².